The molecule has 1 aliphatic heterocycles. The van der Waals surface area contributed by atoms with Gasteiger partial charge in [-0.2, -0.15) is 0 Å². The Morgan fingerprint density at radius 2 is 1.86 bits per heavy atom. The summed E-state index contributed by atoms with van der Waals surface area (Å²) < 4.78 is 0. The molecule has 6 nitrogen and oxygen atoms in total. The van der Waals surface area contributed by atoms with E-state index in [-0.39, 0.29) is 24.2 Å². The molecule has 0 saturated carbocycles. The van der Waals surface area contributed by atoms with Crippen LogP contribution in [0, 0.1) is 12.8 Å². The lowest BCUT2D eigenvalue weighted by molar-refractivity contribution is -0.121. The zero-order chi connectivity index (χ0) is 20.2. The van der Waals surface area contributed by atoms with Gasteiger partial charge in [-0.25, -0.2) is 9.97 Å². The van der Waals surface area contributed by atoms with Crippen LogP contribution in [0.1, 0.15) is 24.1 Å². The maximum atomic E-state index is 12.5. The van der Waals surface area contributed by atoms with Gasteiger partial charge in [-0.3, -0.25) is 9.59 Å². The van der Waals surface area contributed by atoms with E-state index in [0.717, 1.165) is 22.5 Å². The van der Waals surface area contributed by atoms with Gasteiger partial charge in [0.05, 0.1) is 0 Å². The van der Waals surface area contributed by atoms with Crippen molar-refractivity contribution < 1.29 is 9.59 Å². The van der Waals surface area contributed by atoms with E-state index in [4.69, 9.17) is 0 Å². The van der Waals surface area contributed by atoms with Crippen LogP contribution in [0.2, 0.25) is 0 Å². The Bertz CT molecular complexity index is 1050. The second kappa shape index (κ2) is 8.22. The normalized spacial score (nSPS) is 15.3. The number of aryl methyl sites for hydroxylation is 1. The third kappa shape index (κ3) is 4.48. The van der Waals surface area contributed by atoms with E-state index in [1.807, 2.05) is 61.5 Å². The van der Waals surface area contributed by atoms with Crippen molar-refractivity contribution in [1.82, 2.24) is 9.97 Å². The highest BCUT2D eigenvalue weighted by molar-refractivity contribution is 5.96. The van der Waals surface area contributed by atoms with Crippen LogP contribution in [0.3, 0.4) is 0 Å². The molecule has 0 aliphatic carbocycles. The van der Waals surface area contributed by atoms with E-state index in [0.29, 0.717) is 24.5 Å². The Labute approximate surface area is 169 Å². The lowest BCUT2D eigenvalue weighted by atomic mass is 9.89. The van der Waals surface area contributed by atoms with Crippen LogP contribution in [-0.2, 0) is 16.0 Å². The van der Waals surface area contributed by atoms with Crippen molar-refractivity contribution in [2.24, 2.45) is 5.92 Å². The molecule has 1 atom stereocenters. The van der Waals surface area contributed by atoms with Crippen LogP contribution in [0.15, 0.2) is 60.7 Å². The van der Waals surface area contributed by atoms with Gasteiger partial charge in [-0.1, -0.05) is 48.5 Å². The summed E-state index contributed by atoms with van der Waals surface area (Å²) in [6.07, 6.45) is 1.39. The van der Waals surface area contributed by atoms with Gasteiger partial charge in [0, 0.05) is 35.3 Å². The summed E-state index contributed by atoms with van der Waals surface area (Å²) in [4.78, 5) is 33.7. The fourth-order valence-electron chi connectivity index (χ4n) is 3.51. The monoisotopic (exact) mass is 386 g/mol. The Balaban J connectivity index is 1.39. The first-order valence-corrected chi connectivity index (χ1v) is 9.68. The number of benzene rings is 2. The number of nitrogens with one attached hydrogen (secondary N) is 2. The highest BCUT2D eigenvalue weighted by atomic mass is 16.2. The summed E-state index contributed by atoms with van der Waals surface area (Å²) in [5.74, 6) is 0.654. The minimum absolute atomic E-state index is 0.0271. The van der Waals surface area contributed by atoms with Gasteiger partial charge < -0.3 is 10.6 Å². The van der Waals surface area contributed by atoms with E-state index in [1.54, 1.807) is 6.07 Å². The number of fused-ring (bicyclic) bond motifs is 1. The minimum Gasteiger partial charge on any atom is -0.326 e. The quantitative estimate of drug-likeness (QED) is 0.695. The number of carbonyl (C=O) groups is 2. The number of hydrogen-bond donors (Lipinski definition) is 2. The van der Waals surface area contributed by atoms with Crippen molar-refractivity contribution in [1.29, 1.82) is 0 Å². The Morgan fingerprint density at radius 3 is 2.69 bits per heavy atom. The van der Waals surface area contributed by atoms with Crippen molar-refractivity contribution in [3.63, 3.8) is 0 Å². The third-order valence-corrected chi connectivity index (χ3v) is 4.99. The standard InChI is InChI=1S/C23H22N4O2/c1-15-13-20(27-22(24-15)16-7-3-2-4-8-16)26-21(28)12-11-18-14-17-9-5-6-10-19(17)25-23(18)29/h2-10,13,18H,11-12,14H2,1H3,(H,25,29)(H,24,26,27,28)/t18-/m1/s1. The molecule has 1 aliphatic rings. The first-order chi connectivity index (χ1) is 14.1. The van der Waals surface area contributed by atoms with Crippen molar-refractivity contribution in [3.8, 4) is 11.4 Å². The molecule has 6 heteroatoms. The highest BCUT2D eigenvalue weighted by Crippen LogP contribution is 2.27. The summed E-state index contributed by atoms with van der Waals surface area (Å²) in [6, 6.07) is 19.2. The van der Waals surface area contributed by atoms with Crippen molar-refractivity contribution in [2.45, 2.75) is 26.2 Å². The van der Waals surface area contributed by atoms with Gasteiger partial charge >= 0.3 is 0 Å². The predicted molar refractivity (Wildman–Crippen MR) is 112 cm³/mol. The molecule has 0 unspecified atom stereocenters. The molecule has 2 aromatic carbocycles. The lowest BCUT2D eigenvalue weighted by Gasteiger charge is -2.24. The molecule has 0 fully saturated rings. The molecule has 2 heterocycles. The van der Waals surface area contributed by atoms with Crippen LogP contribution in [0.25, 0.3) is 11.4 Å². The van der Waals surface area contributed by atoms with Gasteiger partial charge in [0.15, 0.2) is 5.82 Å². The SMILES string of the molecule is Cc1cc(NC(=O)CC[C@@H]2Cc3ccccc3NC2=O)nc(-c2ccccc2)n1. The summed E-state index contributed by atoms with van der Waals surface area (Å²) in [7, 11) is 0. The van der Waals surface area contributed by atoms with Gasteiger partial charge in [0.25, 0.3) is 0 Å². The zero-order valence-corrected chi connectivity index (χ0v) is 16.2. The fraction of sp³-hybridized carbons (Fsp3) is 0.217. The third-order valence-electron chi connectivity index (χ3n) is 4.99. The van der Waals surface area contributed by atoms with Gasteiger partial charge in [0.1, 0.15) is 5.82 Å². The average Bonchev–Trinajstić information content (AvgIpc) is 2.72. The molecule has 146 valence electrons. The van der Waals surface area contributed by atoms with Crippen LogP contribution < -0.4 is 10.6 Å². The van der Waals surface area contributed by atoms with Crippen molar-refractivity contribution in [3.05, 3.63) is 71.9 Å². The summed E-state index contributed by atoms with van der Waals surface area (Å²) in [5.41, 5.74) is 3.64. The maximum absolute atomic E-state index is 12.5. The molecule has 4 rings (SSSR count). The first-order valence-electron chi connectivity index (χ1n) is 9.68. The predicted octanol–water partition coefficient (Wildman–Crippen LogP) is 3.98. The van der Waals surface area contributed by atoms with Crippen LogP contribution >= 0.6 is 0 Å². The highest BCUT2D eigenvalue weighted by Gasteiger charge is 2.26. The van der Waals surface area contributed by atoms with Crippen LogP contribution in [0.4, 0.5) is 11.5 Å². The lowest BCUT2D eigenvalue weighted by Crippen LogP contribution is -2.30. The minimum atomic E-state index is -0.206. The smallest absolute Gasteiger partial charge is 0.227 e. The molecule has 0 radical (unpaired) electrons. The molecule has 0 saturated heterocycles. The van der Waals surface area contributed by atoms with E-state index >= 15 is 0 Å². The summed E-state index contributed by atoms with van der Waals surface area (Å²) in [5, 5.41) is 5.77. The molecule has 0 spiro atoms. The molecule has 3 aromatic rings. The van der Waals surface area contributed by atoms with E-state index in [2.05, 4.69) is 20.6 Å². The summed E-state index contributed by atoms with van der Waals surface area (Å²) >= 11 is 0. The number of amides is 2. The second-order valence-corrected chi connectivity index (χ2v) is 7.22. The van der Waals surface area contributed by atoms with E-state index in [9.17, 15) is 9.59 Å². The van der Waals surface area contributed by atoms with Gasteiger partial charge in [0.2, 0.25) is 11.8 Å². The molecule has 2 amide bonds. The Hall–Kier alpha value is -3.54. The largest absolute Gasteiger partial charge is 0.326 e. The number of aromatic nitrogens is 2. The van der Waals surface area contributed by atoms with Gasteiger partial charge in [-0.15, -0.1) is 0 Å². The number of anilines is 2. The first kappa shape index (κ1) is 18.8. The molecular formula is C23H22N4O2. The molecular weight excluding hydrogens is 364 g/mol. The number of rotatable bonds is 5. The Morgan fingerprint density at radius 1 is 1.10 bits per heavy atom. The molecule has 29 heavy (non-hydrogen) atoms. The number of para-hydroxylation sites is 1. The molecule has 1 aromatic heterocycles. The maximum Gasteiger partial charge on any atom is 0.227 e. The van der Waals surface area contributed by atoms with Crippen LogP contribution in [-0.4, -0.2) is 21.8 Å². The van der Waals surface area contributed by atoms with Crippen molar-refractivity contribution in [2.75, 3.05) is 10.6 Å². The summed E-state index contributed by atoms with van der Waals surface area (Å²) in [6.45, 7) is 1.87. The topological polar surface area (TPSA) is 84.0 Å². The molecule has 0 bridgehead atoms. The van der Waals surface area contributed by atoms with Crippen LogP contribution in [0.5, 0.6) is 0 Å². The van der Waals surface area contributed by atoms with Gasteiger partial charge in [-0.05, 0) is 31.4 Å². The Kier molecular flexibility index (Phi) is 5.33. The van der Waals surface area contributed by atoms with Crippen molar-refractivity contribution >= 4 is 23.3 Å². The fourth-order valence-corrected chi connectivity index (χ4v) is 3.51. The molecule has 2 N–H and O–H groups in total. The number of hydrogen-bond acceptors (Lipinski definition) is 4. The van der Waals surface area contributed by atoms with E-state index in [1.165, 1.54) is 0 Å². The number of nitrogens with zero attached hydrogens (tertiary/aromatic N) is 2. The average molecular weight is 386 g/mol. The zero-order valence-electron chi connectivity index (χ0n) is 16.2. The van der Waals surface area contributed by atoms with E-state index < -0.39 is 0 Å². The second-order valence-electron chi connectivity index (χ2n) is 7.22. The number of carbonyl (C=O) groups excluding carboxylic acids is 2.